The average molecular weight is 483 g/mol. The van der Waals surface area contributed by atoms with Gasteiger partial charge in [-0.05, 0) is 43.2 Å². The van der Waals surface area contributed by atoms with Gasteiger partial charge in [0.05, 0.1) is 49.3 Å². The van der Waals surface area contributed by atoms with Crippen LogP contribution in [0.2, 0.25) is 5.02 Å². The highest BCUT2D eigenvalue weighted by atomic mass is 35.5. The van der Waals surface area contributed by atoms with Crippen molar-refractivity contribution >= 4 is 27.5 Å². The Morgan fingerprint density at radius 2 is 1.75 bits per heavy atom. The second-order valence-electron chi connectivity index (χ2n) is 7.36. The Hall–Kier alpha value is -2.49. The fraction of sp³-hybridized carbons (Fsp3) is 0.409. The quantitative estimate of drug-likeness (QED) is 0.621. The van der Waals surface area contributed by atoms with E-state index < -0.39 is 15.9 Å². The Bertz CT molecular complexity index is 1050. The topological polar surface area (TPSA) is 94.2 Å². The molecule has 0 unspecified atom stereocenters. The number of amides is 1. The predicted molar refractivity (Wildman–Crippen MR) is 121 cm³/mol. The van der Waals surface area contributed by atoms with Crippen LogP contribution in [0.25, 0.3) is 0 Å². The highest BCUT2D eigenvalue weighted by Crippen LogP contribution is 2.31. The molecule has 1 atom stereocenters. The van der Waals surface area contributed by atoms with Gasteiger partial charge in [0.2, 0.25) is 15.9 Å². The molecular formula is C22H27ClN2O6S. The molecule has 0 saturated carbocycles. The first kappa shape index (κ1) is 24.2. The summed E-state index contributed by atoms with van der Waals surface area (Å²) in [6.07, 6.45) is 1.18. The first-order chi connectivity index (χ1) is 15.3. The summed E-state index contributed by atoms with van der Waals surface area (Å²) in [5.74, 6) is 0.926. The maximum absolute atomic E-state index is 13.1. The van der Waals surface area contributed by atoms with Crippen LogP contribution in [0.3, 0.4) is 0 Å². The van der Waals surface area contributed by atoms with Crippen molar-refractivity contribution in [2.75, 3.05) is 34.4 Å². The van der Waals surface area contributed by atoms with Crippen molar-refractivity contribution in [2.45, 2.75) is 24.3 Å². The average Bonchev–Trinajstić information content (AvgIpc) is 2.82. The van der Waals surface area contributed by atoms with Gasteiger partial charge in [0.25, 0.3) is 0 Å². The van der Waals surface area contributed by atoms with Crippen LogP contribution in [-0.2, 0) is 21.4 Å². The van der Waals surface area contributed by atoms with E-state index in [0.717, 1.165) is 5.56 Å². The summed E-state index contributed by atoms with van der Waals surface area (Å²) in [7, 11) is 0.773. The smallest absolute Gasteiger partial charge is 0.243 e. The van der Waals surface area contributed by atoms with E-state index in [1.165, 1.54) is 29.6 Å². The van der Waals surface area contributed by atoms with Crippen molar-refractivity contribution in [3.63, 3.8) is 0 Å². The Kier molecular flexibility index (Phi) is 7.86. The summed E-state index contributed by atoms with van der Waals surface area (Å²) in [5.41, 5.74) is 0.721. The van der Waals surface area contributed by atoms with E-state index in [1.807, 2.05) is 0 Å². The second-order valence-corrected chi connectivity index (χ2v) is 9.70. The minimum Gasteiger partial charge on any atom is -0.496 e. The molecule has 32 heavy (non-hydrogen) atoms. The first-order valence-electron chi connectivity index (χ1n) is 10.1. The molecule has 1 fully saturated rings. The van der Waals surface area contributed by atoms with E-state index in [-0.39, 0.29) is 28.9 Å². The van der Waals surface area contributed by atoms with Gasteiger partial charge in [-0.3, -0.25) is 4.79 Å². The Balaban J connectivity index is 1.71. The summed E-state index contributed by atoms with van der Waals surface area (Å²) >= 11 is 6.11. The summed E-state index contributed by atoms with van der Waals surface area (Å²) in [6.45, 7) is 0.653. The molecule has 1 N–H and O–H groups in total. The van der Waals surface area contributed by atoms with E-state index in [9.17, 15) is 13.2 Å². The van der Waals surface area contributed by atoms with E-state index in [4.69, 9.17) is 25.8 Å². The molecule has 2 aromatic carbocycles. The molecule has 1 amide bonds. The molecule has 0 bridgehead atoms. The maximum atomic E-state index is 13.1. The molecule has 0 radical (unpaired) electrons. The highest BCUT2D eigenvalue weighted by molar-refractivity contribution is 7.89. The molecule has 174 valence electrons. The van der Waals surface area contributed by atoms with Gasteiger partial charge in [-0.2, -0.15) is 4.31 Å². The van der Waals surface area contributed by atoms with Gasteiger partial charge in [-0.25, -0.2) is 8.42 Å². The van der Waals surface area contributed by atoms with Gasteiger partial charge >= 0.3 is 0 Å². The zero-order chi connectivity index (χ0) is 23.3. The number of ether oxygens (including phenoxy) is 3. The highest BCUT2D eigenvalue weighted by Gasteiger charge is 2.33. The lowest BCUT2D eigenvalue weighted by Crippen LogP contribution is -2.45. The van der Waals surface area contributed by atoms with Crippen molar-refractivity contribution < 1.29 is 27.4 Å². The van der Waals surface area contributed by atoms with Crippen molar-refractivity contribution in [3.8, 4) is 17.2 Å². The lowest BCUT2D eigenvalue weighted by Gasteiger charge is -2.31. The molecule has 2 aromatic rings. The number of methoxy groups -OCH3 is 3. The second kappa shape index (κ2) is 10.4. The number of hydrogen-bond acceptors (Lipinski definition) is 6. The number of hydrogen-bond donors (Lipinski definition) is 1. The number of carbonyl (C=O) groups is 1. The Morgan fingerprint density at radius 3 is 2.34 bits per heavy atom. The van der Waals surface area contributed by atoms with Gasteiger partial charge in [0, 0.05) is 13.1 Å². The number of piperidine rings is 1. The van der Waals surface area contributed by atoms with Crippen LogP contribution in [0.4, 0.5) is 0 Å². The van der Waals surface area contributed by atoms with Gasteiger partial charge in [0.1, 0.15) is 17.2 Å². The van der Waals surface area contributed by atoms with E-state index >= 15 is 0 Å². The Labute approximate surface area is 193 Å². The number of nitrogens with zero attached hydrogens (tertiary/aromatic N) is 1. The van der Waals surface area contributed by atoms with Crippen LogP contribution in [-0.4, -0.2) is 53.0 Å². The molecule has 0 aliphatic carbocycles. The summed E-state index contributed by atoms with van der Waals surface area (Å²) in [6, 6.07) is 9.73. The third kappa shape index (κ3) is 5.11. The third-order valence-corrected chi connectivity index (χ3v) is 7.64. The number of sulfonamides is 1. The third-order valence-electron chi connectivity index (χ3n) is 5.49. The van der Waals surface area contributed by atoms with Crippen LogP contribution in [0, 0.1) is 5.92 Å². The number of rotatable bonds is 8. The van der Waals surface area contributed by atoms with E-state index in [0.29, 0.717) is 36.6 Å². The number of nitrogens with one attached hydrogen (secondary N) is 1. The normalized spacial score (nSPS) is 16.9. The predicted octanol–water partition coefficient (Wildman–Crippen LogP) is 3.08. The lowest BCUT2D eigenvalue weighted by molar-refractivity contribution is -0.126. The van der Waals surface area contributed by atoms with Crippen LogP contribution in [0.15, 0.2) is 41.3 Å². The molecule has 0 spiro atoms. The molecule has 1 aliphatic rings. The van der Waals surface area contributed by atoms with Gasteiger partial charge in [-0.1, -0.05) is 17.7 Å². The number of halogens is 1. The van der Waals surface area contributed by atoms with Crippen LogP contribution >= 0.6 is 11.6 Å². The lowest BCUT2D eigenvalue weighted by atomic mass is 9.98. The molecule has 1 heterocycles. The summed E-state index contributed by atoms with van der Waals surface area (Å²) in [5, 5.41) is 3.11. The van der Waals surface area contributed by atoms with Crippen molar-refractivity contribution in [1.29, 1.82) is 0 Å². The number of benzene rings is 2. The van der Waals surface area contributed by atoms with E-state index in [2.05, 4.69) is 5.32 Å². The zero-order valence-corrected chi connectivity index (χ0v) is 19.8. The Morgan fingerprint density at radius 1 is 1.09 bits per heavy atom. The van der Waals surface area contributed by atoms with Crippen molar-refractivity contribution in [3.05, 3.63) is 47.0 Å². The van der Waals surface area contributed by atoms with Gasteiger partial charge < -0.3 is 19.5 Å². The molecular weight excluding hydrogens is 456 g/mol. The number of carbonyl (C=O) groups excluding carboxylic acids is 1. The fourth-order valence-electron chi connectivity index (χ4n) is 3.75. The standard InChI is InChI=1S/C22H27ClN2O6S/c1-29-19-7-4-8-20(30-2)17(19)13-24-22(26)15-6-5-11-25(14-15)32(27,28)16-9-10-21(31-3)18(23)12-16/h4,7-10,12,15H,5-6,11,13-14H2,1-3H3,(H,24,26)/t15-/m1/s1. The first-order valence-corrected chi connectivity index (χ1v) is 11.9. The van der Waals surface area contributed by atoms with Crippen LogP contribution in [0.1, 0.15) is 18.4 Å². The van der Waals surface area contributed by atoms with Gasteiger partial charge in [-0.15, -0.1) is 0 Å². The minimum atomic E-state index is -3.79. The van der Waals surface area contributed by atoms with Crippen LogP contribution in [0.5, 0.6) is 17.2 Å². The van der Waals surface area contributed by atoms with Crippen LogP contribution < -0.4 is 19.5 Å². The molecule has 1 saturated heterocycles. The SMILES string of the molecule is COc1ccc(S(=O)(=O)N2CCC[C@@H](C(=O)NCc3c(OC)cccc3OC)C2)cc1Cl. The molecule has 0 aromatic heterocycles. The van der Waals surface area contributed by atoms with Crippen molar-refractivity contribution in [2.24, 2.45) is 5.92 Å². The fourth-order valence-corrected chi connectivity index (χ4v) is 5.63. The summed E-state index contributed by atoms with van der Waals surface area (Å²) in [4.78, 5) is 12.9. The summed E-state index contributed by atoms with van der Waals surface area (Å²) < 4.78 is 43.4. The molecule has 3 rings (SSSR count). The van der Waals surface area contributed by atoms with Gasteiger partial charge in [0.15, 0.2) is 0 Å². The maximum Gasteiger partial charge on any atom is 0.243 e. The van der Waals surface area contributed by atoms with E-state index in [1.54, 1.807) is 32.4 Å². The van der Waals surface area contributed by atoms with Crippen molar-refractivity contribution in [1.82, 2.24) is 9.62 Å². The molecule has 10 heteroatoms. The molecule has 1 aliphatic heterocycles. The largest absolute Gasteiger partial charge is 0.496 e. The molecule has 8 nitrogen and oxygen atoms in total. The monoisotopic (exact) mass is 482 g/mol. The minimum absolute atomic E-state index is 0.0723. The zero-order valence-electron chi connectivity index (χ0n) is 18.3.